The normalized spacial score (nSPS) is 16.3. The van der Waals surface area contributed by atoms with Gasteiger partial charge in [0, 0.05) is 30.7 Å². The molecule has 0 unspecified atom stereocenters. The van der Waals surface area contributed by atoms with Gasteiger partial charge in [0.05, 0.1) is 47.8 Å². The standard InChI is InChI=1S/C27H23F3N6O3/c1-33-23-14-31-12-19(20(23)13-32-33)17-6-8-18(9-7-17)36-22-5-3-2-4-21(22)35(26(36)38)16-25(37)34-10-11-39-24(15-34)27(28,29)30/h2-9,12-14,24H,10-11,15-16H2,1H3/t24-/m1/s1. The van der Waals surface area contributed by atoms with Crippen LogP contribution in [0.25, 0.3) is 38.8 Å². The van der Waals surface area contributed by atoms with Gasteiger partial charge in [0.2, 0.25) is 5.91 Å². The van der Waals surface area contributed by atoms with Crippen molar-refractivity contribution in [1.29, 1.82) is 0 Å². The molecule has 1 fully saturated rings. The van der Waals surface area contributed by atoms with E-state index in [4.69, 9.17) is 4.74 Å². The summed E-state index contributed by atoms with van der Waals surface area (Å²) in [5.74, 6) is -0.579. The highest BCUT2D eigenvalue weighted by molar-refractivity contribution is 5.93. The molecule has 1 amide bonds. The molecular formula is C27H23F3N6O3. The summed E-state index contributed by atoms with van der Waals surface area (Å²) in [7, 11) is 1.84. The van der Waals surface area contributed by atoms with Crippen LogP contribution < -0.4 is 5.69 Å². The third kappa shape index (κ3) is 4.36. The maximum atomic E-state index is 13.6. The van der Waals surface area contributed by atoms with Crippen LogP contribution in [0.3, 0.4) is 0 Å². The summed E-state index contributed by atoms with van der Waals surface area (Å²) in [4.78, 5) is 32.0. The van der Waals surface area contributed by atoms with Gasteiger partial charge in [-0.15, -0.1) is 0 Å². The number of carbonyl (C=O) groups excluding carboxylic acids is 1. The monoisotopic (exact) mass is 536 g/mol. The van der Waals surface area contributed by atoms with Crippen LogP contribution in [-0.2, 0) is 23.1 Å². The van der Waals surface area contributed by atoms with E-state index in [-0.39, 0.29) is 19.7 Å². The lowest BCUT2D eigenvalue weighted by molar-refractivity contribution is -0.236. The molecule has 0 N–H and O–H groups in total. The summed E-state index contributed by atoms with van der Waals surface area (Å²) >= 11 is 0. The number of imidazole rings is 1. The third-order valence-corrected chi connectivity index (χ3v) is 7.03. The van der Waals surface area contributed by atoms with Crippen molar-refractivity contribution in [3.63, 3.8) is 0 Å². The molecule has 200 valence electrons. The Bertz CT molecular complexity index is 1750. The fourth-order valence-corrected chi connectivity index (χ4v) is 5.00. The smallest absolute Gasteiger partial charge is 0.365 e. The molecule has 9 nitrogen and oxygen atoms in total. The summed E-state index contributed by atoms with van der Waals surface area (Å²) < 4.78 is 48.8. The van der Waals surface area contributed by atoms with Gasteiger partial charge in [0.15, 0.2) is 6.10 Å². The van der Waals surface area contributed by atoms with Gasteiger partial charge in [-0.2, -0.15) is 18.3 Å². The minimum atomic E-state index is -4.57. The van der Waals surface area contributed by atoms with Crippen molar-refractivity contribution in [2.75, 3.05) is 19.7 Å². The number of rotatable bonds is 4. The second-order valence-electron chi connectivity index (χ2n) is 9.37. The van der Waals surface area contributed by atoms with E-state index in [2.05, 4.69) is 10.1 Å². The number of alkyl halides is 3. The molecule has 1 aliphatic heterocycles. The van der Waals surface area contributed by atoms with Crippen molar-refractivity contribution >= 4 is 27.8 Å². The number of benzene rings is 2. The highest BCUT2D eigenvalue weighted by Crippen LogP contribution is 2.29. The number of hydrogen-bond acceptors (Lipinski definition) is 5. The van der Waals surface area contributed by atoms with Gasteiger partial charge in [0.25, 0.3) is 0 Å². The van der Waals surface area contributed by atoms with Crippen LogP contribution in [0.4, 0.5) is 13.2 Å². The molecule has 0 spiro atoms. The van der Waals surface area contributed by atoms with Gasteiger partial charge < -0.3 is 9.64 Å². The molecule has 4 heterocycles. The van der Waals surface area contributed by atoms with Crippen molar-refractivity contribution in [2.45, 2.75) is 18.8 Å². The van der Waals surface area contributed by atoms with Crippen molar-refractivity contribution in [1.82, 2.24) is 28.8 Å². The highest BCUT2D eigenvalue weighted by Gasteiger charge is 2.44. The first-order valence-corrected chi connectivity index (χ1v) is 12.3. The fraction of sp³-hybridized carbons (Fsp3) is 0.259. The van der Waals surface area contributed by atoms with E-state index in [1.165, 1.54) is 9.13 Å². The maximum Gasteiger partial charge on any atom is 0.416 e. The fourth-order valence-electron chi connectivity index (χ4n) is 5.00. The quantitative estimate of drug-likeness (QED) is 0.351. The Hall–Kier alpha value is -4.45. The molecule has 0 bridgehead atoms. The molecule has 5 aromatic rings. The van der Waals surface area contributed by atoms with Crippen LogP contribution in [0.15, 0.2) is 71.9 Å². The molecule has 0 radical (unpaired) electrons. The Labute approximate surface area is 219 Å². The molecule has 12 heteroatoms. The van der Waals surface area contributed by atoms with E-state index in [1.54, 1.807) is 59.7 Å². The first-order valence-electron chi connectivity index (χ1n) is 12.3. The molecule has 1 atom stereocenters. The molecule has 3 aromatic heterocycles. The number of amides is 1. The first-order chi connectivity index (χ1) is 18.7. The number of fused-ring (bicyclic) bond motifs is 2. The van der Waals surface area contributed by atoms with Crippen LogP contribution in [0, 0.1) is 0 Å². The zero-order valence-electron chi connectivity index (χ0n) is 20.8. The number of halogens is 3. The Balaban J connectivity index is 1.34. The second-order valence-corrected chi connectivity index (χ2v) is 9.37. The highest BCUT2D eigenvalue weighted by atomic mass is 19.4. The average Bonchev–Trinajstić information content (AvgIpc) is 3.45. The Morgan fingerprint density at radius 1 is 1.03 bits per heavy atom. The number of hydrogen-bond donors (Lipinski definition) is 0. The van der Waals surface area contributed by atoms with Crippen molar-refractivity contribution in [2.24, 2.45) is 7.05 Å². The lowest BCUT2D eigenvalue weighted by atomic mass is 10.0. The maximum absolute atomic E-state index is 13.6. The summed E-state index contributed by atoms with van der Waals surface area (Å²) in [6, 6.07) is 14.4. The minimum Gasteiger partial charge on any atom is -0.365 e. The Kier molecular flexibility index (Phi) is 5.98. The third-order valence-electron chi connectivity index (χ3n) is 7.03. The van der Waals surface area contributed by atoms with Crippen LogP contribution in [0.2, 0.25) is 0 Å². The predicted octanol–water partition coefficient (Wildman–Crippen LogP) is 3.53. The number of ether oxygens (including phenoxy) is 1. The van der Waals surface area contributed by atoms with Crippen LogP contribution in [-0.4, -0.2) is 66.7 Å². The summed E-state index contributed by atoms with van der Waals surface area (Å²) in [6.07, 6.45) is -1.33. The number of aromatic nitrogens is 5. The van der Waals surface area contributed by atoms with E-state index < -0.39 is 30.4 Å². The SMILES string of the molecule is Cn1ncc2c(-c3ccc(-n4c(=O)n(CC(=O)N5CCO[C@@H](C(F)(F)F)C5)c5ccccc54)cc3)cncc21. The second kappa shape index (κ2) is 9.38. The molecule has 39 heavy (non-hydrogen) atoms. The van der Waals surface area contributed by atoms with E-state index in [0.717, 1.165) is 26.9 Å². The topological polar surface area (TPSA) is 87.2 Å². The first kappa shape index (κ1) is 24.9. The number of pyridine rings is 1. The van der Waals surface area contributed by atoms with Gasteiger partial charge in [-0.1, -0.05) is 24.3 Å². The van der Waals surface area contributed by atoms with Crippen molar-refractivity contribution in [3.8, 4) is 16.8 Å². The van der Waals surface area contributed by atoms with Crippen LogP contribution in [0.1, 0.15) is 0 Å². The van der Waals surface area contributed by atoms with Gasteiger partial charge in [-0.3, -0.25) is 23.6 Å². The summed E-state index contributed by atoms with van der Waals surface area (Å²) in [5, 5.41) is 5.25. The van der Waals surface area contributed by atoms with Crippen molar-refractivity contribution in [3.05, 3.63) is 77.6 Å². The van der Waals surface area contributed by atoms with Crippen molar-refractivity contribution < 1.29 is 22.7 Å². The lowest BCUT2D eigenvalue weighted by Crippen LogP contribution is -2.52. The number of para-hydroxylation sites is 2. The van der Waals surface area contributed by atoms with E-state index in [1.807, 2.05) is 19.2 Å². The molecule has 0 saturated carbocycles. The van der Waals surface area contributed by atoms with Gasteiger partial charge in [-0.25, -0.2) is 4.79 Å². The number of aryl methyl sites for hydroxylation is 1. The Morgan fingerprint density at radius 2 is 1.77 bits per heavy atom. The summed E-state index contributed by atoms with van der Waals surface area (Å²) in [5.41, 5.74) is 3.88. The van der Waals surface area contributed by atoms with Gasteiger partial charge in [0.1, 0.15) is 6.54 Å². The van der Waals surface area contributed by atoms with Crippen LogP contribution >= 0.6 is 0 Å². The molecule has 1 saturated heterocycles. The number of nitrogens with zero attached hydrogens (tertiary/aromatic N) is 6. The molecule has 1 aliphatic rings. The number of carbonyl (C=O) groups is 1. The van der Waals surface area contributed by atoms with Gasteiger partial charge >= 0.3 is 11.9 Å². The van der Waals surface area contributed by atoms with Crippen LogP contribution in [0.5, 0.6) is 0 Å². The molecular weight excluding hydrogens is 513 g/mol. The summed E-state index contributed by atoms with van der Waals surface area (Å²) in [6.45, 7) is -1.18. The zero-order valence-corrected chi connectivity index (χ0v) is 20.8. The molecule has 2 aromatic carbocycles. The zero-order chi connectivity index (χ0) is 27.3. The number of morpholine rings is 1. The Morgan fingerprint density at radius 3 is 2.51 bits per heavy atom. The lowest BCUT2D eigenvalue weighted by Gasteiger charge is -2.33. The van der Waals surface area contributed by atoms with E-state index in [0.29, 0.717) is 16.7 Å². The molecule has 0 aliphatic carbocycles. The minimum absolute atomic E-state index is 0.0266. The molecule has 6 rings (SSSR count). The van der Waals surface area contributed by atoms with Gasteiger partial charge in [-0.05, 0) is 29.8 Å². The largest absolute Gasteiger partial charge is 0.416 e. The predicted molar refractivity (Wildman–Crippen MR) is 137 cm³/mol. The van der Waals surface area contributed by atoms with E-state index >= 15 is 0 Å². The average molecular weight is 537 g/mol. The van der Waals surface area contributed by atoms with E-state index in [9.17, 15) is 22.8 Å².